The van der Waals surface area contributed by atoms with Crippen molar-refractivity contribution in [2.24, 2.45) is 16.6 Å². The molecule has 0 aliphatic heterocycles. The molecule has 0 spiro atoms. The van der Waals surface area contributed by atoms with Gasteiger partial charge >= 0.3 is 5.54 Å². The summed E-state index contributed by atoms with van der Waals surface area (Å²) in [5.74, 6) is 0.546. The first-order chi connectivity index (χ1) is 16.2. The van der Waals surface area contributed by atoms with Crippen LogP contribution in [0.5, 0.6) is 0 Å². The van der Waals surface area contributed by atoms with Gasteiger partial charge < -0.3 is 21.6 Å². The summed E-state index contributed by atoms with van der Waals surface area (Å²) in [5, 5.41) is 6.62. The van der Waals surface area contributed by atoms with Gasteiger partial charge in [0.2, 0.25) is 0 Å². The van der Waals surface area contributed by atoms with Crippen LogP contribution >= 0.6 is 11.8 Å². The van der Waals surface area contributed by atoms with Crippen LogP contribution in [0, 0.1) is 12.4 Å². The Hall–Kier alpha value is -3.09. The fraction of sp³-hybridized carbons (Fsp3) is 0.400. The summed E-state index contributed by atoms with van der Waals surface area (Å²) in [6, 6.07) is 10.9. The Balaban J connectivity index is 0.00000281. The van der Waals surface area contributed by atoms with Crippen LogP contribution in [0.25, 0.3) is 4.85 Å². The summed E-state index contributed by atoms with van der Waals surface area (Å²) in [5.41, 5.74) is 12.2. The highest BCUT2D eigenvalue weighted by Crippen LogP contribution is 2.34. The lowest BCUT2D eigenvalue weighted by Crippen LogP contribution is -2.21. The van der Waals surface area contributed by atoms with E-state index in [1.807, 2.05) is 27.7 Å². The maximum absolute atomic E-state index is 14.6. The monoisotopic (exact) mass is 488 g/mol. The molecule has 0 aliphatic rings. The van der Waals surface area contributed by atoms with Crippen molar-refractivity contribution in [1.29, 1.82) is 0 Å². The van der Waals surface area contributed by atoms with Crippen LogP contribution in [-0.2, 0) is 10.4 Å². The number of halogens is 1. The molecule has 7 nitrogen and oxygen atoms in total. The Bertz CT molecular complexity index is 1010. The molecule has 0 radical (unpaired) electrons. The second kappa shape index (κ2) is 14.2. The van der Waals surface area contributed by atoms with Crippen LogP contribution in [0.15, 0.2) is 47.6 Å². The van der Waals surface area contributed by atoms with E-state index in [-0.39, 0.29) is 17.8 Å². The number of amidine groups is 1. The molecular weight excluding hydrogens is 453 g/mol. The summed E-state index contributed by atoms with van der Waals surface area (Å²) in [6.45, 7) is 15.0. The van der Waals surface area contributed by atoms with E-state index >= 15 is 0 Å². The number of nitrogens with zero attached hydrogens (tertiary/aromatic N) is 2. The zero-order valence-corrected chi connectivity index (χ0v) is 21.3. The number of carbonyl (C=O) groups excluding carboxylic acids is 1. The standard InChI is InChI=1S/C23H28FN5O2S.C2H6/c1-15(2)31-29-21(26)16-5-7-17(8-6-16)22(30)28-18-9-10-20(24)19(13-18)23(3,27-4)11-12-32-14-25;1-2/h4-10,13,15H,11-12,14,25H2,1-3H3,(H2-,26,28,29,30);1-2H3/p+1. The minimum Gasteiger partial charge on any atom is -0.391 e. The molecule has 1 atom stereocenters. The predicted octanol–water partition coefficient (Wildman–Crippen LogP) is 5.37. The number of nitrogens with one attached hydrogen (secondary N) is 1. The Morgan fingerprint density at radius 3 is 2.41 bits per heavy atom. The van der Waals surface area contributed by atoms with E-state index in [1.165, 1.54) is 23.9 Å². The molecular formula is C25H35FN5O2S+. The van der Waals surface area contributed by atoms with Gasteiger partial charge in [-0.25, -0.2) is 4.39 Å². The highest BCUT2D eigenvalue weighted by molar-refractivity contribution is 7.99. The Kier molecular flexibility index (Phi) is 12.1. The van der Waals surface area contributed by atoms with Crippen LogP contribution in [0.2, 0.25) is 0 Å². The summed E-state index contributed by atoms with van der Waals surface area (Å²) in [6.07, 6.45) is 0.414. The molecule has 0 saturated heterocycles. The second-order valence-electron chi connectivity index (χ2n) is 7.58. The van der Waals surface area contributed by atoms with Gasteiger partial charge in [0.05, 0.1) is 5.56 Å². The maximum Gasteiger partial charge on any atom is 0.306 e. The number of rotatable bonds is 10. The fourth-order valence-electron chi connectivity index (χ4n) is 2.85. The van der Waals surface area contributed by atoms with Gasteiger partial charge in [-0.2, -0.15) is 0 Å². The number of nitrogens with two attached hydrogens (primary N) is 2. The van der Waals surface area contributed by atoms with E-state index in [0.29, 0.717) is 40.4 Å². The van der Waals surface area contributed by atoms with Gasteiger partial charge in [-0.15, -0.1) is 11.8 Å². The summed E-state index contributed by atoms with van der Waals surface area (Å²) in [7, 11) is 0. The molecule has 2 aromatic rings. The summed E-state index contributed by atoms with van der Waals surface area (Å²) in [4.78, 5) is 21.7. The first-order valence-electron chi connectivity index (χ1n) is 11.1. The van der Waals surface area contributed by atoms with Gasteiger partial charge in [-0.1, -0.05) is 36.0 Å². The molecule has 5 N–H and O–H groups in total. The Morgan fingerprint density at radius 1 is 1.24 bits per heavy atom. The molecule has 184 valence electrons. The SMILES string of the molecule is C#[N+]C(C)(CCSCN)c1cc(NC(=O)c2ccc(/C(N)=N/OC(C)C)cc2)ccc1F.CC. The lowest BCUT2D eigenvalue weighted by Gasteiger charge is -2.16. The third kappa shape index (κ3) is 8.36. The second-order valence-corrected chi connectivity index (χ2v) is 8.73. The smallest absolute Gasteiger partial charge is 0.306 e. The van der Waals surface area contributed by atoms with Gasteiger partial charge in [0.15, 0.2) is 5.84 Å². The Morgan fingerprint density at radius 2 is 1.85 bits per heavy atom. The predicted molar refractivity (Wildman–Crippen MR) is 141 cm³/mol. The van der Waals surface area contributed by atoms with Crippen molar-refractivity contribution in [2.45, 2.75) is 52.7 Å². The fourth-order valence-corrected chi connectivity index (χ4v) is 3.56. The van der Waals surface area contributed by atoms with E-state index in [2.05, 4.69) is 15.3 Å². The zero-order valence-electron chi connectivity index (χ0n) is 20.5. The first-order valence-corrected chi connectivity index (χ1v) is 12.3. The van der Waals surface area contributed by atoms with Crippen LogP contribution < -0.4 is 16.8 Å². The molecule has 1 amide bonds. The highest BCUT2D eigenvalue weighted by Gasteiger charge is 2.39. The van der Waals surface area contributed by atoms with Gasteiger partial charge in [-0.3, -0.25) is 4.79 Å². The van der Waals surface area contributed by atoms with Gasteiger partial charge in [0, 0.05) is 41.8 Å². The van der Waals surface area contributed by atoms with Crippen LogP contribution in [0.4, 0.5) is 10.1 Å². The summed E-state index contributed by atoms with van der Waals surface area (Å²) >= 11 is 1.52. The van der Waals surface area contributed by atoms with Crippen LogP contribution in [0.3, 0.4) is 0 Å². The molecule has 0 aliphatic carbocycles. The minimum atomic E-state index is -0.941. The molecule has 9 heteroatoms. The average Bonchev–Trinajstić information content (AvgIpc) is 2.85. The van der Waals surface area contributed by atoms with Gasteiger partial charge in [0.25, 0.3) is 12.5 Å². The van der Waals surface area contributed by atoms with Crippen LogP contribution in [0.1, 0.15) is 62.5 Å². The zero-order chi connectivity index (χ0) is 25.7. The number of carbonyl (C=O) groups is 1. The number of benzene rings is 2. The number of amides is 1. The number of hydrogen-bond donors (Lipinski definition) is 3. The van der Waals surface area contributed by atoms with Crippen molar-refractivity contribution in [2.75, 3.05) is 16.9 Å². The van der Waals surface area contributed by atoms with Crippen LogP contribution in [-0.4, -0.2) is 29.5 Å². The molecule has 34 heavy (non-hydrogen) atoms. The normalized spacial score (nSPS) is 12.7. The maximum atomic E-state index is 14.6. The Labute approximate surface area is 205 Å². The van der Waals surface area contributed by atoms with E-state index < -0.39 is 11.4 Å². The summed E-state index contributed by atoms with van der Waals surface area (Å²) < 4.78 is 14.6. The number of anilines is 1. The van der Waals surface area contributed by atoms with E-state index in [1.54, 1.807) is 37.3 Å². The van der Waals surface area contributed by atoms with E-state index in [9.17, 15) is 9.18 Å². The number of oxime groups is 1. The van der Waals surface area contributed by atoms with E-state index in [4.69, 9.17) is 22.9 Å². The molecule has 2 aromatic carbocycles. The molecule has 2 rings (SSSR count). The largest absolute Gasteiger partial charge is 0.391 e. The van der Waals surface area contributed by atoms with Crippen molar-refractivity contribution < 1.29 is 14.0 Å². The lowest BCUT2D eigenvalue weighted by atomic mass is 9.89. The lowest BCUT2D eigenvalue weighted by molar-refractivity contribution is 0.0858. The highest BCUT2D eigenvalue weighted by atomic mass is 32.2. The molecule has 0 saturated carbocycles. The molecule has 1 unspecified atom stereocenters. The quantitative estimate of drug-likeness (QED) is 0.137. The first kappa shape index (κ1) is 28.9. The molecule has 0 aromatic heterocycles. The number of thioether (sulfide) groups is 1. The molecule has 0 bridgehead atoms. The molecule has 0 heterocycles. The van der Waals surface area contributed by atoms with Gasteiger partial charge in [-0.05, 0) is 44.2 Å². The van der Waals surface area contributed by atoms with E-state index in [0.717, 1.165) is 0 Å². The third-order valence-corrected chi connectivity index (χ3v) is 5.47. The van der Waals surface area contributed by atoms with Crippen molar-refractivity contribution in [3.63, 3.8) is 0 Å². The third-order valence-electron chi connectivity index (χ3n) is 4.75. The van der Waals surface area contributed by atoms with Gasteiger partial charge in [0.1, 0.15) is 11.9 Å². The van der Waals surface area contributed by atoms with Crippen molar-refractivity contribution in [3.05, 3.63) is 69.8 Å². The average molecular weight is 489 g/mol. The minimum absolute atomic E-state index is 0.0902. The topological polar surface area (TPSA) is 107 Å². The van der Waals surface area contributed by atoms with Crippen molar-refractivity contribution in [3.8, 4) is 6.57 Å². The van der Waals surface area contributed by atoms with Crippen molar-refractivity contribution in [1.82, 2.24) is 0 Å². The van der Waals surface area contributed by atoms with Crippen molar-refractivity contribution >= 4 is 29.2 Å². The number of hydrogen-bond acceptors (Lipinski definition) is 5. The molecule has 0 fully saturated rings.